The van der Waals surface area contributed by atoms with Gasteiger partial charge in [0.2, 0.25) is 0 Å². The van der Waals surface area contributed by atoms with Crippen LogP contribution in [0.1, 0.15) is 92.4 Å². The van der Waals surface area contributed by atoms with Crippen LogP contribution in [0.15, 0.2) is 0 Å². The molecule has 0 unspecified atom stereocenters. The van der Waals surface area contributed by atoms with E-state index in [2.05, 4.69) is 86.1 Å². The summed E-state index contributed by atoms with van der Waals surface area (Å²) in [6.07, 6.45) is 0. The highest BCUT2D eigenvalue weighted by atomic mass is 14.9. The van der Waals surface area contributed by atoms with Crippen LogP contribution >= 0.6 is 0 Å². The van der Waals surface area contributed by atoms with Crippen molar-refractivity contribution >= 4 is 0 Å². The number of pyridine rings is 1. The molecule has 150 valence electrons. The summed E-state index contributed by atoms with van der Waals surface area (Å²) in [5, 5.41) is 0. The van der Waals surface area contributed by atoms with Crippen molar-refractivity contribution in [3.8, 4) is 0 Å². The Morgan fingerprint density at radius 1 is 0.444 bits per heavy atom. The van der Waals surface area contributed by atoms with Crippen LogP contribution in [0.25, 0.3) is 0 Å². The van der Waals surface area contributed by atoms with Crippen LogP contribution in [-0.4, -0.2) is 15.0 Å². The molecule has 0 N–H and O–H groups in total. The van der Waals surface area contributed by atoms with Crippen molar-refractivity contribution in [2.45, 2.75) is 101 Å². The van der Waals surface area contributed by atoms with E-state index in [0.29, 0.717) is 0 Å². The second-order valence-electron chi connectivity index (χ2n) is 9.75. The van der Waals surface area contributed by atoms with E-state index in [4.69, 9.17) is 4.98 Å². The highest BCUT2D eigenvalue weighted by Crippen LogP contribution is 2.28. The van der Waals surface area contributed by atoms with Gasteiger partial charge in [-0.25, -0.2) is 9.97 Å². The highest BCUT2D eigenvalue weighted by molar-refractivity contribution is 5.40. The summed E-state index contributed by atoms with van der Waals surface area (Å²) in [5.74, 6) is 0.869. The zero-order chi connectivity index (χ0) is 21.3. The molecule has 27 heavy (non-hydrogen) atoms. The van der Waals surface area contributed by atoms with Crippen LogP contribution < -0.4 is 0 Å². The Bertz CT molecular complexity index is 819. The van der Waals surface area contributed by atoms with Crippen LogP contribution in [-0.2, 0) is 10.8 Å². The van der Waals surface area contributed by atoms with Crippen LogP contribution in [0.2, 0.25) is 0 Å². The monoisotopic (exact) mass is 369 g/mol. The minimum atomic E-state index is 0.114. The number of aromatic nitrogens is 3. The summed E-state index contributed by atoms with van der Waals surface area (Å²) >= 11 is 0. The van der Waals surface area contributed by atoms with Crippen LogP contribution in [0, 0.1) is 48.5 Å². The van der Waals surface area contributed by atoms with Gasteiger partial charge in [0, 0.05) is 27.9 Å². The third kappa shape index (κ3) is 5.60. The molecule has 0 saturated carbocycles. The Kier molecular flexibility index (Phi) is 6.96. The molecule has 0 aromatic carbocycles. The van der Waals surface area contributed by atoms with Crippen LogP contribution in [0.4, 0.5) is 0 Å². The molecular formula is C24H39N3. The average molecular weight is 370 g/mol. The number of nitrogens with zero attached hydrogens (tertiary/aromatic N) is 3. The third-order valence-electron chi connectivity index (χ3n) is 5.22. The molecule has 0 aliphatic carbocycles. The van der Waals surface area contributed by atoms with Gasteiger partial charge in [0.1, 0.15) is 5.82 Å². The molecule has 2 aromatic rings. The molecule has 0 saturated heterocycles. The van der Waals surface area contributed by atoms with Gasteiger partial charge in [-0.3, -0.25) is 4.98 Å². The van der Waals surface area contributed by atoms with E-state index in [9.17, 15) is 0 Å². The molecule has 2 heterocycles. The Morgan fingerprint density at radius 2 is 0.852 bits per heavy atom. The number of hydrogen-bond acceptors (Lipinski definition) is 3. The summed E-state index contributed by atoms with van der Waals surface area (Å²) in [6.45, 7) is 27.9. The summed E-state index contributed by atoms with van der Waals surface area (Å²) in [5.41, 5.74) is 10.2. The summed E-state index contributed by atoms with van der Waals surface area (Å²) in [7, 11) is 0. The third-order valence-corrected chi connectivity index (χ3v) is 5.22. The molecule has 0 atom stereocenters. The lowest BCUT2D eigenvalue weighted by molar-refractivity contribution is 0.557. The minimum absolute atomic E-state index is 0.114. The molecule has 0 amide bonds. The molecule has 0 aliphatic heterocycles. The second-order valence-corrected chi connectivity index (χ2v) is 9.75. The van der Waals surface area contributed by atoms with E-state index < -0.39 is 0 Å². The maximum absolute atomic E-state index is 4.70. The predicted molar refractivity (Wildman–Crippen MR) is 117 cm³/mol. The molecular weight excluding hydrogens is 330 g/mol. The standard InChI is InChI=1S/C13H21N.C11H18N2/c1-8-9(2)11(4)14-12(10(8)3)13(5,6)7;1-7-8(2)12-9(3)13-10(7)11(4,5)6/h1-7H3;1-6H3. The van der Waals surface area contributed by atoms with Gasteiger partial charge >= 0.3 is 0 Å². The first-order chi connectivity index (χ1) is 12.1. The summed E-state index contributed by atoms with van der Waals surface area (Å²) in [6, 6.07) is 0. The highest BCUT2D eigenvalue weighted by Gasteiger charge is 2.21. The fourth-order valence-corrected chi connectivity index (χ4v) is 3.29. The zero-order valence-electron chi connectivity index (χ0n) is 19.8. The van der Waals surface area contributed by atoms with Crippen molar-refractivity contribution in [2.24, 2.45) is 0 Å². The number of hydrogen-bond donors (Lipinski definition) is 0. The Hall–Kier alpha value is -1.77. The molecule has 0 radical (unpaired) electrons. The fraction of sp³-hybridized carbons (Fsp3) is 0.625. The number of aryl methyl sites for hydroxylation is 3. The summed E-state index contributed by atoms with van der Waals surface area (Å²) in [4.78, 5) is 13.5. The van der Waals surface area contributed by atoms with Gasteiger partial charge in [-0.2, -0.15) is 0 Å². The van der Waals surface area contributed by atoms with E-state index >= 15 is 0 Å². The zero-order valence-corrected chi connectivity index (χ0v) is 19.8. The molecule has 0 aliphatic rings. The molecule has 3 heteroatoms. The first kappa shape index (κ1) is 23.3. The SMILES string of the molecule is Cc1nc(C(C)(C)C)c(C)c(C)c1C.Cc1nc(C)c(C)c(C(C)(C)C)n1. The molecule has 0 bridgehead atoms. The van der Waals surface area contributed by atoms with Gasteiger partial charge in [0.05, 0.1) is 5.69 Å². The maximum atomic E-state index is 4.70. The normalized spacial score (nSPS) is 11.9. The van der Waals surface area contributed by atoms with Gasteiger partial charge in [0.15, 0.2) is 0 Å². The first-order valence-electron chi connectivity index (χ1n) is 9.84. The van der Waals surface area contributed by atoms with Gasteiger partial charge < -0.3 is 0 Å². The minimum Gasteiger partial charge on any atom is -0.257 e. The quantitative estimate of drug-likeness (QED) is 0.546. The maximum Gasteiger partial charge on any atom is 0.125 e. The van der Waals surface area contributed by atoms with Crippen LogP contribution in [0.3, 0.4) is 0 Å². The summed E-state index contributed by atoms with van der Waals surface area (Å²) < 4.78 is 0. The average Bonchev–Trinajstić information content (AvgIpc) is 2.50. The Labute approximate surface area is 167 Å². The van der Waals surface area contributed by atoms with Crippen molar-refractivity contribution < 1.29 is 0 Å². The van der Waals surface area contributed by atoms with Crippen LogP contribution in [0.5, 0.6) is 0 Å². The van der Waals surface area contributed by atoms with E-state index in [1.165, 1.54) is 27.9 Å². The lowest BCUT2D eigenvalue weighted by Crippen LogP contribution is -2.17. The molecule has 2 aromatic heterocycles. The molecule has 0 fully saturated rings. The molecule has 2 rings (SSSR count). The van der Waals surface area contributed by atoms with Gasteiger partial charge in [-0.1, -0.05) is 41.5 Å². The predicted octanol–water partition coefficient (Wildman–Crippen LogP) is 6.31. The van der Waals surface area contributed by atoms with Gasteiger partial charge in [0.25, 0.3) is 0 Å². The number of rotatable bonds is 0. The van der Waals surface area contributed by atoms with E-state index in [-0.39, 0.29) is 10.8 Å². The lowest BCUT2D eigenvalue weighted by atomic mass is 9.86. The van der Waals surface area contributed by atoms with Gasteiger partial charge in [-0.15, -0.1) is 0 Å². The molecule has 3 nitrogen and oxygen atoms in total. The van der Waals surface area contributed by atoms with Crippen molar-refractivity contribution in [1.82, 2.24) is 15.0 Å². The Morgan fingerprint density at radius 3 is 1.30 bits per heavy atom. The van der Waals surface area contributed by atoms with Crippen molar-refractivity contribution in [3.63, 3.8) is 0 Å². The van der Waals surface area contributed by atoms with Crippen molar-refractivity contribution in [1.29, 1.82) is 0 Å². The Balaban J connectivity index is 0.000000271. The largest absolute Gasteiger partial charge is 0.257 e. The topological polar surface area (TPSA) is 38.7 Å². The molecule has 0 spiro atoms. The first-order valence-corrected chi connectivity index (χ1v) is 9.84. The lowest BCUT2D eigenvalue weighted by Gasteiger charge is -2.23. The van der Waals surface area contributed by atoms with Crippen molar-refractivity contribution in [2.75, 3.05) is 0 Å². The van der Waals surface area contributed by atoms with E-state index in [1.54, 1.807) is 0 Å². The fourth-order valence-electron chi connectivity index (χ4n) is 3.29. The van der Waals surface area contributed by atoms with Crippen molar-refractivity contribution in [3.05, 3.63) is 50.9 Å². The van der Waals surface area contributed by atoms with E-state index in [0.717, 1.165) is 22.9 Å². The second kappa shape index (κ2) is 8.08. The van der Waals surface area contributed by atoms with Gasteiger partial charge in [-0.05, 0) is 70.7 Å². The van der Waals surface area contributed by atoms with E-state index in [1.807, 2.05) is 13.8 Å². The smallest absolute Gasteiger partial charge is 0.125 e.